The number of halogens is 4. The fourth-order valence-electron chi connectivity index (χ4n) is 6.05. The lowest BCUT2D eigenvalue weighted by atomic mass is 9.96. The lowest BCUT2D eigenvalue weighted by molar-refractivity contribution is -0.137. The predicted octanol–water partition coefficient (Wildman–Crippen LogP) is 6.21. The molecule has 1 aromatic rings. The van der Waals surface area contributed by atoms with Gasteiger partial charge in [-0.25, -0.2) is 4.99 Å². The summed E-state index contributed by atoms with van der Waals surface area (Å²) in [6.07, 6.45) is 6.24. The SMILES string of the molecule is CCC1=CN=C(N)C(C2=CCCC(C)N=C2)=C(N2CCN(C(CN3CCC3)c3cccc(C(F)(F)F)c3Cl)CC2)C1. The number of hydrogen-bond donors (Lipinski definition) is 1. The van der Waals surface area contributed by atoms with Crippen LogP contribution in [0.3, 0.4) is 0 Å². The van der Waals surface area contributed by atoms with Gasteiger partial charge in [0.25, 0.3) is 0 Å². The Balaban J connectivity index is 1.43. The molecule has 0 radical (unpaired) electrons. The molecule has 0 saturated carbocycles. The van der Waals surface area contributed by atoms with Crippen molar-refractivity contribution in [1.29, 1.82) is 0 Å². The summed E-state index contributed by atoms with van der Waals surface area (Å²) in [5, 5.41) is -0.183. The zero-order valence-electron chi connectivity index (χ0n) is 23.9. The van der Waals surface area contributed by atoms with E-state index in [4.69, 9.17) is 22.3 Å². The van der Waals surface area contributed by atoms with Crippen LogP contribution in [0, 0.1) is 0 Å². The maximum atomic E-state index is 13.7. The van der Waals surface area contributed by atoms with Gasteiger partial charge in [0.2, 0.25) is 0 Å². The number of nitrogens with two attached hydrogens (primary N) is 1. The van der Waals surface area contributed by atoms with E-state index in [1.807, 2.05) is 12.4 Å². The number of rotatable bonds is 7. The van der Waals surface area contributed by atoms with E-state index < -0.39 is 11.7 Å². The van der Waals surface area contributed by atoms with Crippen LogP contribution in [0.2, 0.25) is 5.02 Å². The quantitative estimate of drug-likeness (QED) is 0.411. The molecule has 10 heteroatoms. The van der Waals surface area contributed by atoms with Crippen LogP contribution in [0.25, 0.3) is 0 Å². The van der Waals surface area contributed by atoms with Crippen molar-refractivity contribution in [3.05, 3.63) is 69.0 Å². The van der Waals surface area contributed by atoms with Gasteiger partial charge in [0.15, 0.2) is 0 Å². The predicted molar refractivity (Wildman–Crippen MR) is 160 cm³/mol. The van der Waals surface area contributed by atoms with Crippen molar-refractivity contribution in [2.45, 2.75) is 64.2 Å². The summed E-state index contributed by atoms with van der Waals surface area (Å²) in [4.78, 5) is 16.3. The van der Waals surface area contributed by atoms with Crippen molar-refractivity contribution in [2.75, 3.05) is 45.8 Å². The molecule has 0 bridgehead atoms. The van der Waals surface area contributed by atoms with Gasteiger partial charge in [-0.15, -0.1) is 0 Å². The van der Waals surface area contributed by atoms with Crippen molar-refractivity contribution in [3.63, 3.8) is 0 Å². The third-order valence-electron chi connectivity index (χ3n) is 8.69. The molecule has 2 unspecified atom stereocenters. The van der Waals surface area contributed by atoms with E-state index in [0.717, 1.165) is 81.2 Å². The molecule has 5 rings (SSSR count). The smallest absolute Gasteiger partial charge is 0.383 e. The third-order valence-corrected chi connectivity index (χ3v) is 9.12. The Morgan fingerprint density at radius 1 is 1.12 bits per heavy atom. The largest absolute Gasteiger partial charge is 0.417 e. The van der Waals surface area contributed by atoms with Crippen molar-refractivity contribution in [1.82, 2.24) is 14.7 Å². The van der Waals surface area contributed by atoms with Crippen molar-refractivity contribution >= 4 is 23.7 Å². The summed E-state index contributed by atoms with van der Waals surface area (Å²) < 4.78 is 41.2. The minimum Gasteiger partial charge on any atom is -0.383 e. The van der Waals surface area contributed by atoms with Gasteiger partial charge >= 0.3 is 6.18 Å². The Labute approximate surface area is 246 Å². The van der Waals surface area contributed by atoms with E-state index in [-0.39, 0.29) is 17.1 Å². The van der Waals surface area contributed by atoms with E-state index >= 15 is 0 Å². The zero-order valence-corrected chi connectivity index (χ0v) is 24.7. The molecule has 0 aliphatic carbocycles. The number of amidine groups is 1. The molecule has 2 saturated heterocycles. The van der Waals surface area contributed by atoms with Crippen LogP contribution in [0.15, 0.2) is 62.9 Å². The lowest BCUT2D eigenvalue weighted by Crippen LogP contribution is -2.51. The van der Waals surface area contributed by atoms with Gasteiger partial charge in [-0.05, 0) is 62.9 Å². The van der Waals surface area contributed by atoms with Gasteiger partial charge in [-0.2, -0.15) is 13.2 Å². The van der Waals surface area contributed by atoms with Crippen LogP contribution < -0.4 is 5.73 Å². The molecule has 0 spiro atoms. The van der Waals surface area contributed by atoms with Gasteiger partial charge in [0, 0.05) is 80.5 Å². The molecule has 41 heavy (non-hydrogen) atoms. The summed E-state index contributed by atoms with van der Waals surface area (Å²) in [5.41, 5.74) is 10.7. The number of allylic oxidation sites excluding steroid dienone is 2. The Hall–Kier alpha value is -2.62. The minimum absolute atomic E-state index is 0.183. The van der Waals surface area contributed by atoms with E-state index in [1.54, 1.807) is 6.07 Å². The number of alkyl halides is 3. The van der Waals surface area contributed by atoms with Gasteiger partial charge in [-0.3, -0.25) is 9.89 Å². The first-order valence-corrected chi connectivity index (χ1v) is 15.1. The molecule has 0 aromatic heterocycles. The third kappa shape index (κ3) is 6.73. The van der Waals surface area contributed by atoms with Crippen LogP contribution in [0.5, 0.6) is 0 Å². The molecule has 2 fully saturated rings. The maximum absolute atomic E-state index is 13.7. The van der Waals surface area contributed by atoms with Gasteiger partial charge < -0.3 is 15.5 Å². The number of likely N-dealkylation sites (tertiary alicyclic amines) is 1. The first kappa shape index (κ1) is 29.9. The summed E-state index contributed by atoms with van der Waals surface area (Å²) >= 11 is 6.46. The molecular weight excluding hydrogens is 549 g/mol. The highest BCUT2D eigenvalue weighted by atomic mass is 35.5. The molecule has 4 aliphatic rings. The number of nitrogens with zero attached hydrogens (tertiary/aromatic N) is 5. The highest BCUT2D eigenvalue weighted by Gasteiger charge is 2.37. The van der Waals surface area contributed by atoms with Crippen LogP contribution in [0.4, 0.5) is 13.2 Å². The van der Waals surface area contributed by atoms with Crippen molar-refractivity contribution in [2.24, 2.45) is 15.7 Å². The lowest BCUT2D eigenvalue weighted by Gasteiger charge is -2.44. The normalized spacial score (nSPS) is 23.8. The zero-order chi connectivity index (χ0) is 29.1. The summed E-state index contributed by atoms with van der Waals surface area (Å²) in [7, 11) is 0. The number of benzene rings is 1. The maximum Gasteiger partial charge on any atom is 0.417 e. The van der Waals surface area contributed by atoms with Gasteiger partial charge in [0.1, 0.15) is 5.84 Å². The van der Waals surface area contributed by atoms with E-state index in [2.05, 4.69) is 39.6 Å². The standard InChI is InChI=1S/C31H40ClF3N6/c1-3-22-17-26(28(30(36)38-18-22)23-8-4-7-21(2)37-19-23)40-13-15-41(16-14-40)27(20-39-11-6-12-39)24-9-5-10-25(29(24)32)31(33,34)35/h5,8-10,18-19,21,27H,3-4,6-7,11-17,20H2,1-2H3,(H2,36,38). The minimum atomic E-state index is -4.49. The molecule has 1 aromatic carbocycles. The fourth-order valence-corrected chi connectivity index (χ4v) is 6.41. The van der Waals surface area contributed by atoms with E-state index in [1.165, 1.54) is 11.6 Å². The van der Waals surface area contributed by atoms with Gasteiger partial charge in [0.05, 0.1) is 10.6 Å². The summed E-state index contributed by atoms with van der Waals surface area (Å²) in [5.74, 6) is 0.504. The molecule has 0 amide bonds. The van der Waals surface area contributed by atoms with Crippen molar-refractivity contribution < 1.29 is 13.2 Å². The summed E-state index contributed by atoms with van der Waals surface area (Å²) in [6, 6.07) is 4.35. The first-order valence-electron chi connectivity index (χ1n) is 14.7. The Kier molecular flexibility index (Phi) is 9.26. The van der Waals surface area contributed by atoms with Crippen LogP contribution >= 0.6 is 11.6 Å². The first-order chi connectivity index (χ1) is 19.7. The molecule has 222 valence electrons. The highest BCUT2D eigenvalue weighted by molar-refractivity contribution is 6.32. The van der Waals surface area contributed by atoms with Crippen LogP contribution in [-0.2, 0) is 6.18 Å². The second-order valence-electron chi connectivity index (χ2n) is 11.4. The fraction of sp³-hybridized carbons (Fsp3) is 0.548. The van der Waals surface area contributed by atoms with Crippen molar-refractivity contribution in [3.8, 4) is 0 Å². The number of piperazine rings is 1. The number of aliphatic imine (C=N–C) groups is 2. The average Bonchev–Trinajstić information content (AvgIpc) is 3.23. The van der Waals surface area contributed by atoms with Gasteiger partial charge in [-0.1, -0.05) is 36.7 Å². The Morgan fingerprint density at radius 2 is 1.88 bits per heavy atom. The molecule has 2 N–H and O–H groups in total. The van der Waals surface area contributed by atoms with Crippen LogP contribution in [0.1, 0.15) is 63.1 Å². The number of hydrogen-bond acceptors (Lipinski definition) is 6. The topological polar surface area (TPSA) is 60.5 Å². The highest BCUT2D eigenvalue weighted by Crippen LogP contribution is 2.40. The second kappa shape index (κ2) is 12.7. The van der Waals surface area contributed by atoms with Crippen LogP contribution in [-0.4, -0.2) is 78.6 Å². The molecule has 2 atom stereocenters. The summed E-state index contributed by atoms with van der Waals surface area (Å²) in [6.45, 7) is 9.71. The molecule has 4 aliphatic heterocycles. The van der Waals surface area contributed by atoms with E-state index in [0.29, 0.717) is 31.0 Å². The Bertz CT molecular complexity index is 1270. The Morgan fingerprint density at radius 3 is 2.54 bits per heavy atom. The average molecular weight is 589 g/mol. The monoisotopic (exact) mass is 588 g/mol. The molecular formula is C31H40ClF3N6. The molecule has 6 nitrogen and oxygen atoms in total. The second-order valence-corrected chi connectivity index (χ2v) is 11.8. The molecule has 4 heterocycles. The van der Waals surface area contributed by atoms with E-state index in [9.17, 15) is 13.2 Å².